The molecule has 0 aromatic rings. The highest BCUT2D eigenvalue weighted by Gasteiger charge is 2.11. The lowest BCUT2D eigenvalue weighted by molar-refractivity contribution is -0.154. The molecule has 8 heteroatoms. The number of hydrogen-bond donors (Lipinski definition) is 0. The van der Waals surface area contributed by atoms with Crippen molar-refractivity contribution in [2.45, 2.75) is 98.3 Å². The van der Waals surface area contributed by atoms with Crippen molar-refractivity contribution in [3.63, 3.8) is 0 Å². The molecule has 0 bridgehead atoms. The van der Waals surface area contributed by atoms with Crippen LogP contribution < -0.4 is 0 Å². The van der Waals surface area contributed by atoms with Crippen LogP contribution in [0.4, 0.5) is 0 Å². The quantitative estimate of drug-likeness (QED) is 0.0895. The second-order valence-electron chi connectivity index (χ2n) is 7.41. The van der Waals surface area contributed by atoms with E-state index < -0.39 is 23.9 Å². The number of carbonyl (C=O) groups is 4. The van der Waals surface area contributed by atoms with Crippen molar-refractivity contribution >= 4 is 23.9 Å². The number of ether oxygens (including phenoxy) is 4. The van der Waals surface area contributed by atoms with E-state index in [-0.39, 0.29) is 6.42 Å². The highest BCUT2D eigenvalue weighted by molar-refractivity contribution is 5.91. The van der Waals surface area contributed by atoms with Crippen LogP contribution in [0, 0.1) is 0 Å². The van der Waals surface area contributed by atoms with Gasteiger partial charge in [-0.2, -0.15) is 0 Å². The lowest BCUT2D eigenvalue weighted by Gasteiger charge is -2.05. The number of hydrogen-bond acceptors (Lipinski definition) is 8. The molecule has 0 spiro atoms. The summed E-state index contributed by atoms with van der Waals surface area (Å²) in [6.45, 7) is 9.76. The number of unbranched alkanes of at least 4 members (excludes halogenated alkanes) is 6. The Hall–Kier alpha value is -2.38. The molecule has 0 atom stereocenters. The van der Waals surface area contributed by atoms with Crippen molar-refractivity contribution in [3.8, 4) is 0 Å². The molecule has 33 heavy (non-hydrogen) atoms. The second-order valence-corrected chi connectivity index (χ2v) is 7.41. The summed E-state index contributed by atoms with van der Waals surface area (Å²) >= 11 is 0. The average molecular weight is 473 g/mol. The van der Waals surface area contributed by atoms with E-state index in [0.717, 1.165) is 76.4 Å². The summed E-state index contributed by atoms with van der Waals surface area (Å²) in [5.41, 5.74) is 0. The minimum atomic E-state index is -0.499. The van der Waals surface area contributed by atoms with Gasteiger partial charge in [-0.25, -0.2) is 9.59 Å². The molecule has 0 rings (SSSR count). The predicted octanol–water partition coefficient (Wildman–Crippen LogP) is 5.07. The van der Waals surface area contributed by atoms with Gasteiger partial charge in [0, 0.05) is 12.2 Å². The van der Waals surface area contributed by atoms with Crippen molar-refractivity contribution < 1.29 is 38.1 Å². The molecule has 0 saturated heterocycles. The smallest absolute Gasteiger partial charge is 0.331 e. The van der Waals surface area contributed by atoms with Gasteiger partial charge in [-0.05, 0) is 25.7 Å². The summed E-state index contributed by atoms with van der Waals surface area (Å²) in [5, 5.41) is 0. The fourth-order valence-electron chi connectivity index (χ4n) is 2.16. The van der Waals surface area contributed by atoms with E-state index in [1.54, 1.807) is 0 Å². The molecule has 0 saturated carbocycles. The first-order valence-corrected chi connectivity index (χ1v) is 12.2. The second kappa shape index (κ2) is 25.9. The van der Waals surface area contributed by atoms with E-state index >= 15 is 0 Å². The predicted molar refractivity (Wildman–Crippen MR) is 126 cm³/mol. The van der Waals surface area contributed by atoms with Gasteiger partial charge >= 0.3 is 23.9 Å². The maximum absolute atomic E-state index is 11.2. The van der Waals surface area contributed by atoms with Gasteiger partial charge in [0.15, 0.2) is 0 Å². The Kier molecular flexibility index (Phi) is 25.7. The molecule has 0 aliphatic heterocycles. The Morgan fingerprint density at radius 3 is 1.15 bits per heavy atom. The topological polar surface area (TPSA) is 105 Å². The van der Waals surface area contributed by atoms with E-state index in [1.165, 1.54) is 0 Å². The van der Waals surface area contributed by atoms with Gasteiger partial charge < -0.3 is 18.9 Å². The summed E-state index contributed by atoms with van der Waals surface area (Å²) in [6.07, 6.45) is 11.5. The monoisotopic (exact) mass is 472 g/mol. The zero-order valence-corrected chi connectivity index (χ0v) is 21.0. The fourth-order valence-corrected chi connectivity index (χ4v) is 2.16. The molecular formula is C25H44O8. The molecule has 0 aromatic heterocycles. The van der Waals surface area contributed by atoms with E-state index in [2.05, 4.69) is 13.8 Å². The zero-order chi connectivity index (χ0) is 25.2. The third-order valence-electron chi connectivity index (χ3n) is 4.15. The minimum Gasteiger partial charge on any atom is -0.465 e. The van der Waals surface area contributed by atoms with Gasteiger partial charge in [-0.15, -0.1) is 0 Å². The van der Waals surface area contributed by atoms with Crippen molar-refractivity contribution in [2.75, 3.05) is 26.4 Å². The van der Waals surface area contributed by atoms with Crippen LogP contribution in [-0.2, 0) is 38.1 Å². The molecule has 0 N–H and O–H groups in total. The largest absolute Gasteiger partial charge is 0.465 e. The molecule has 0 amide bonds. The normalized spacial score (nSPS) is 10.2. The average Bonchev–Trinajstić information content (AvgIpc) is 2.79. The molecule has 0 fully saturated rings. The molecule has 0 radical (unpaired) electrons. The van der Waals surface area contributed by atoms with E-state index in [1.807, 2.05) is 13.8 Å². The van der Waals surface area contributed by atoms with E-state index in [4.69, 9.17) is 18.9 Å². The zero-order valence-electron chi connectivity index (χ0n) is 21.0. The van der Waals surface area contributed by atoms with Crippen LogP contribution in [-0.4, -0.2) is 50.3 Å². The van der Waals surface area contributed by atoms with Crippen LogP contribution >= 0.6 is 0 Å². The Morgan fingerprint density at radius 2 is 0.818 bits per heavy atom. The molecule has 0 unspecified atom stereocenters. The van der Waals surface area contributed by atoms with Crippen molar-refractivity contribution in [1.82, 2.24) is 0 Å². The molecular weight excluding hydrogens is 428 g/mol. The maximum Gasteiger partial charge on any atom is 0.331 e. The molecule has 0 heterocycles. The Balaban J connectivity index is 0. The molecule has 0 aromatic carbocycles. The van der Waals surface area contributed by atoms with Gasteiger partial charge in [-0.1, -0.05) is 66.2 Å². The first-order chi connectivity index (χ1) is 15.9. The van der Waals surface area contributed by atoms with Crippen LogP contribution in [0.15, 0.2) is 12.2 Å². The third kappa shape index (κ3) is 27.6. The molecule has 0 aliphatic carbocycles. The first kappa shape index (κ1) is 32.8. The summed E-state index contributed by atoms with van der Waals surface area (Å²) < 4.78 is 19.5. The van der Waals surface area contributed by atoms with Gasteiger partial charge in [-0.3, -0.25) is 9.59 Å². The van der Waals surface area contributed by atoms with Crippen molar-refractivity contribution in [2.24, 2.45) is 0 Å². The highest BCUT2D eigenvalue weighted by Crippen LogP contribution is 1.99. The standard InChI is InChI=1S/C13H24O4.C12H20O4/c1-3-5-7-9-16-12(14)11-13(15)17-10-8-6-4-2;1-3-5-9-15-11(13)7-8-12(14)16-10-6-4-2/h3-11H2,1-2H3;7-8H,3-6,9-10H2,1-2H3/b;8-7-. The lowest BCUT2D eigenvalue weighted by Crippen LogP contribution is -2.15. The Bertz CT molecular complexity index is 497. The number of rotatable bonds is 18. The van der Waals surface area contributed by atoms with Gasteiger partial charge in [0.25, 0.3) is 0 Å². The molecule has 8 nitrogen and oxygen atoms in total. The Morgan fingerprint density at radius 1 is 0.485 bits per heavy atom. The summed E-state index contributed by atoms with van der Waals surface area (Å²) in [5.74, 6) is -1.97. The number of esters is 4. The fraction of sp³-hybridized carbons (Fsp3) is 0.760. The lowest BCUT2D eigenvalue weighted by atomic mass is 10.3. The highest BCUT2D eigenvalue weighted by atomic mass is 16.6. The molecule has 0 aliphatic rings. The Labute approximate surface area is 199 Å². The van der Waals surface area contributed by atoms with Crippen LogP contribution in [0.25, 0.3) is 0 Å². The summed E-state index contributed by atoms with van der Waals surface area (Å²) in [4.78, 5) is 44.4. The van der Waals surface area contributed by atoms with Crippen molar-refractivity contribution in [1.29, 1.82) is 0 Å². The number of carbonyl (C=O) groups excluding carboxylic acids is 4. The maximum atomic E-state index is 11.2. The summed E-state index contributed by atoms with van der Waals surface area (Å²) in [7, 11) is 0. The van der Waals surface area contributed by atoms with Crippen molar-refractivity contribution in [3.05, 3.63) is 12.2 Å². The minimum absolute atomic E-state index is 0.266. The van der Waals surface area contributed by atoms with Crippen LogP contribution in [0.2, 0.25) is 0 Å². The van der Waals surface area contributed by atoms with Gasteiger partial charge in [0.05, 0.1) is 26.4 Å². The van der Waals surface area contributed by atoms with Crippen LogP contribution in [0.1, 0.15) is 98.3 Å². The van der Waals surface area contributed by atoms with E-state index in [9.17, 15) is 19.2 Å². The van der Waals surface area contributed by atoms with Gasteiger partial charge in [0.1, 0.15) is 6.42 Å². The first-order valence-electron chi connectivity index (χ1n) is 12.2. The van der Waals surface area contributed by atoms with E-state index in [0.29, 0.717) is 26.4 Å². The van der Waals surface area contributed by atoms with Gasteiger partial charge in [0.2, 0.25) is 0 Å². The SMILES string of the molecule is CCCCCOC(=O)CC(=O)OCCCCC.CCCCOC(=O)/C=C\C(=O)OCCCC. The third-order valence-corrected chi connectivity index (χ3v) is 4.15. The van der Waals surface area contributed by atoms with Crippen LogP contribution in [0.3, 0.4) is 0 Å². The summed E-state index contributed by atoms with van der Waals surface area (Å²) in [6, 6.07) is 0. The molecule has 192 valence electrons. The van der Waals surface area contributed by atoms with Crippen LogP contribution in [0.5, 0.6) is 0 Å².